The number of rotatable bonds is 2. The van der Waals surface area contributed by atoms with Gasteiger partial charge in [0.15, 0.2) is 12.0 Å². The zero-order valence-electron chi connectivity index (χ0n) is 18.7. The monoisotopic (exact) mass is 449 g/mol. The largest absolute Gasteiger partial charge is 0.443 e. The number of aromatic nitrogens is 3. The molecule has 3 aromatic heterocycles. The summed E-state index contributed by atoms with van der Waals surface area (Å²) in [6, 6.07) is 38.7. The van der Waals surface area contributed by atoms with Crippen molar-refractivity contribution < 1.29 is 4.42 Å². The third-order valence-corrected chi connectivity index (χ3v) is 7.06. The fourth-order valence-electron chi connectivity index (χ4n) is 5.60. The molecule has 0 N–H and O–H groups in total. The number of hydrogen-bond donors (Lipinski definition) is 0. The molecule has 0 radical (unpaired) electrons. The van der Waals surface area contributed by atoms with Crippen LogP contribution in [0.4, 0.5) is 0 Å². The van der Waals surface area contributed by atoms with E-state index in [1.165, 1.54) is 50.0 Å². The van der Waals surface area contributed by atoms with Crippen LogP contribution in [-0.2, 0) is 0 Å². The Balaban J connectivity index is 1.65. The van der Waals surface area contributed by atoms with Crippen molar-refractivity contribution in [1.82, 2.24) is 14.1 Å². The minimum Gasteiger partial charge on any atom is -0.443 e. The molecule has 0 atom stereocenters. The minimum atomic E-state index is 0.782. The Bertz CT molecular complexity index is 2060. The van der Waals surface area contributed by atoms with E-state index < -0.39 is 0 Å². The summed E-state index contributed by atoms with van der Waals surface area (Å²) < 4.78 is 10.4. The van der Waals surface area contributed by atoms with Crippen LogP contribution in [0, 0.1) is 0 Å². The molecule has 3 heterocycles. The molecule has 5 aromatic carbocycles. The molecule has 4 nitrogen and oxygen atoms in total. The summed E-state index contributed by atoms with van der Waals surface area (Å²) in [5.41, 5.74) is 8.59. The van der Waals surface area contributed by atoms with Crippen molar-refractivity contribution in [2.75, 3.05) is 0 Å². The fraction of sp³-hybridized carbons (Fsp3) is 0. The van der Waals surface area contributed by atoms with Crippen LogP contribution < -0.4 is 0 Å². The van der Waals surface area contributed by atoms with Gasteiger partial charge in [0.1, 0.15) is 5.52 Å². The molecule has 0 fully saturated rings. The van der Waals surface area contributed by atoms with Gasteiger partial charge in [-0.25, -0.2) is 4.98 Å². The smallest absolute Gasteiger partial charge is 0.181 e. The predicted molar refractivity (Wildman–Crippen MR) is 143 cm³/mol. The van der Waals surface area contributed by atoms with Gasteiger partial charge in [-0.2, -0.15) is 0 Å². The molecular weight excluding hydrogens is 430 g/mol. The van der Waals surface area contributed by atoms with Crippen molar-refractivity contribution in [3.05, 3.63) is 116 Å². The molecular formula is C31H19N3O. The zero-order valence-corrected chi connectivity index (χ0v) is 18.7. The predicted octanol–water partition coefficient (Wildman–Crippen LogP) is 8.02. The van der Waals surface area contributed by atoms with E-state index in [0.717, 1.165) is 22.5 Å². The highest BCUT2D eigenvalue weighted by atomic mass is 16.3. The quantitative estimate of drug-likeness (QED) is 0.268. The number of benzene rings is 5. The molecule has 8 aromatic rings. The molecule has 8 rings (SSSR count). The standard InChI is InChI=1S/C31H19N3O/c1-2-8-20(9-3-1)33-27-12-6-4-10-22(27)24-15-16-25-23-11-5-7-13-28(23)34(31(25)30(24)33)21-14-17-26-29(18-21)35-19-32-26/h1-19H. The van der Waals surface area contributed by atoms with Gasteiger partial charge in [0, 0.05) is 33.3 Å². The highest BCUT2D eigenvalue weighted by Crippen LogP contribution is 2.41. The van der Waals surface area contributed by atoms with Crippen molar-refractivity contribution in [2.45, 2.75) is 0 Å². The van der Waals surface area contributed by atoms with E-state index in [-0.39, 0.29) is 0 Å². The third kappa shape index (κ3) is 2.48. The number of hydrogen-bond acceptors (Lipinski definition) is 2. The van der Waals surface area contributed by atoms with Gasteiger partial charge < -0.3 is 13.6 Å². The Labute approximate surface area is 200 Å². The SMILES string of the molecule is c1ccc(-n2c3ccccc3c3ccc4c5ccccc5n(-c5ccc6ncoc6c5)c4c32)cc1. The van der Waals surface area contributed by atoms with E-state index >= 15 is 0 Å². The van der Waals surface area contributed by atoms with E-state index in [1.807, 2.05) is 6.07 Å². The summed E-state index contributed by atoms with van der Waals surface area (Å²) in [5.74, 6) is 0. The van der Waals surface area contributed by atoms with Crippen molar-refractivity contribution in [1.29, 1.82) is 0 Å². The minimum absolute atomic E-state index is 0.782. The molecule has 0 saturated heterocycles. The first-order valence-electron chi connectivity index (χ1n) is 11.7. The van der Waals surface area contributed by atoms with E-state index in [4.69, 9.17) is 4.42 Å². The molecule has 0 aliphatic rings. The molecule has 0 bridgehead atoms. The molecule has 0 aliphatic heterocycles. The van der Waals surface area contributed by atoms with Crippen LogP contribution in [0.25, 0.3) is 66.1 Å². The van der Waals surface area contributed by atoms with Crippen LogP contribution in [0.3, 0.4) is 0 Å². The van der Waals surface area contributed by atoms with Crippen molar-refractivity contribution in [3.63, 3.8) is 0 Å². The van der Waals surface area contributed by atoms with Gasteiger partial charge in [0.25, 0.3) is 0 Å². The van der Waals surface area contributed by atoms with E-state index in [0.29, 0.717) is 0 Å². The first kappa shape index (κ1) is 18.6. The Kier molecular flexibility index (Phi) is 3.63. The van der Waals surface area contributed by atoms with Crippen LogP contribution in [0.2, 0.25) is 0 Å². The van der Waals surface area contributed by atoms with Crippen molar-refractivity contribution >= 4 is 54.7 Å². The zero-order chi connectivity index (χ0) is 22.9. The topological polar surface area (TPSA) is 35.9 Å². The second kappa shape index (κ2) is 6.84. The number of para-hydroxylation sites is 3. The molecule has 0 aliphatic carbocycles. The van der Waals surface area contributed by atoms with Gasteiger partial charge in [-0.05, 0) is 36.4 Å². The number of oxazole rings is 1. The fourth-order valence-corrected chi connectivity index (χ4v) is 5.60. The first-order chi connectivity index (χ1) is 17.4. The van der Waals surface area contributed by atoms with E-state index in [2.05, 4.69) is 117 Å². The average molecular weight is 450 g/mol. The molecule has 35 heavy (non-hydrogen) atoms. The lowest BCUT2D eigenvalue weighted by atomic mass is 10.1. The Morgan fingerprint density at radius 3 is 1.80 bits per heavy atom. The maximum absolute atomic E-state index is 5.68. The Morgan fingerprint density at radius 1 is 0.514 bits per heavy atom. The van der Waals surface area contributed by atoms with Crippen LogP contribution in [0.15, 0.2) is 120 Å². The normalized spacial score (nSPS) is 12.0. The average Bonchev–Trinajstić information content (AvgIpc) is 3.61. The van der Waals surface area contributed by atoms with E-state index in [9.17, 15) is 0 Å². The molecule has 0 unspecified atom stereocenters. The first-order valence-corrected chi connectivity index (χ1v) is 11.7. The van der Waals surface area contributed by atoms with Crippen molar-refractivity contribution in [3.8, 4) is 11.4 Å². The lowest BCUT2D eigenvalue weighted by molar-refractivity contribution is 0.602. The summed E-state index contributed by atoms with van der Waals surface area (Å²) in [5, 5.41) is 4.94. The maximum atomic E-state index is 5.68. The second-order valence-electron chi connectivity index (χ2n) is 8.90. The summed E-state index contributed by atoms with van der Waals surface area (Å²) >= 11 is 0. The summed E-state index contributed by atoms with van der Waals surface area (Å²) in [6.07, 6.45) is 1.51. The Morgan fingerprint density at radius 2 is 1.11 bits per heavy atom. The van der Waals surface area contributed by atoms with Crippen molar-refractivity contribution in [2.24, 2.45) is 0 Å². The van der Waals surface area contributed by atoms with Crippen LogP contribution in [-0.4, -0.2) is 14.1 Å². The summed E-state index contributed by atoms with van der Waals surface area (Å²) in [6.45, 7) is 0. The van der Waals surface area contributed by atoms with Crippen LogP contribution >= 0.6 is 0 Å². The summed E-state index contributed by atoms with van der Waals surface area (Å²) in [7, 11) is 0. The van der Waals surface area contributed by atoms with Gasteiger partial charge in [-0.1, -0.05) is 66.7 Å². The van der Waals surface area contributed by atoms with Crippen LogP contribution in [0.5, 0.6) is 0 Å². The third-order valence-electron chi connectivity index (χ3n) is 7.06. The van der Waals surface area contributed by atoms with Gasteiger partial charge >= 0.3 is 0 Å². The molecule has 164 valence electrons. The highest BCUT2D eigenvalue weighted by Gasteiger charge is 2.21. The Hall–Kier alpha value is -4.83. The molecule has 0 spiro atoms. The highest BCUT2D eigenvalue weighted by molar-refractivity contribution is 6.23. The van der Waals surface area contributed by atoms with Gasteiger partial charge in [-0.15, -0.1) is 0 Å². The number of fused-ring (bicyclic) bond motifs is 8. The van der Waals surface area contributed by atoms with Gasteiger partial charge in [-0.3, -0.25) is 0 Å². The van der Waals surface area contributed by atoms with Crippen LogP contribution in [0.1, 0.15) is 0 Å². The molecule has 0 amide bonds. The second-order valence-corrected chi connectivity index (χ2v) is 8.90. The summed E-state index contributed by atoms with van der Waals surface area (Å²) in [4.78, 5) is 4.32. The molecule has 0 saturated carbocycles. The van der Waals surface area contributed by atoms with Gasteiger partial charge in [0.05, 0.1) is 27.8 Å². The molecule has 4 heteroatoms. The lowest BCUT2D eigenvalue weighted by Gasteiger charge is -2.12. The lowest BCUT2D eigenvalue weighted by Crippen LogP contribution is -1.98. The maximum Gasteiger partial charge on any atom is 0.181 e. The number of nitrogens with zero attached hydrogens (tertiary/aromatic N) is 3. The van der Waals surface area contributed by atoms with Gasteiger partial charge in [0.2, 0.25) is 0 Å². The van der Waals surface area contributed by atoms with E-state index in [1.54, 1.807) is 0 Å².